The number of hydrogen-bond donors (Lipinski definition) is 0. The molecule has 114 valence electrons. The molecule has 4 rings (SSSR count). The molecule has 0 aliphatic heterocycles. The molecule has 23 heavy (non-hydrogen) atoms. The second-order valence-corrected chi connectivity index (χ2v) is 5.96. The fourth-order valence-electron chi connectivity index (χ4n) is 3.23. The summed E-state index contributed by atoms with van der Waals surface area (Å²) in [5.41, 5.74) is 5.35. The van der Waals surface area contributed by atoms with Crippen LogP contribution in [0.1, 0.15) is 17.0 Å². The minimum absolute atomic E-state index is 0.198. The summed E-state index contributed by atoms with van der Waals surface area (Å²) in [4.78, 5) is 4.75. The molecular weight excluding hydrogens is 287 g/mol. The van der Waals surface area contributed by atoms with Crippen LogP contribution < -0.4 is 0 Å². The maximum absolute atomic E-state index is 13.7. The molecule has 0 fully saturated rings. The van der Waals surface area contributed by atoms with Crippen LogP contribution in [0.5, 0.6) is 0 Å². The molecule has 2 aromatic heterocycles. The summed E-state index contributed by atoms with van der Waals surface area (Å²) in [6.45, 7) is 2.08. The lowest BCUT2D eigenvalue weighted by atomic mass is 10.0. The van der Waals surface area contributed by atoms with Crippen LogP contribution in [0.15, 0.2) is 54.6 Å². The maximum Gasteiger partial charge on any atom is 0.123 e. The third-order valence-corrected chi connectivity index (χ3v) is 4.60. The van der Waals surface area contributed by atoms with E-state index in [0.29, 0.717) is 6.42 Å². The Hall–Kier alpha value is -2.68. The Labute approximate surface area is 134 Å². The Balaban J connectivity index is 1.85. The minimum Gasteiger partial charge on any atom is -0.348 e. The van der Waals surface area contributed by atoms with Crippen molar-refractivity contribution in [2.24, 2.45) is 7.05 Å². The van der Waals surface area contributed by atoms with Crippen molar-refractivity contribution >= 4 is 21.8 Å². The summed E-state index contributed by atoms with van der Waals surface area (Å²) in [5.74, 6) is -0.198. The van der Waals surface area contributed by atoms with Crippen LogP contribution in [-0.4, -0.2) is 9.55 Å². The molecular formula is C20H17FN2. The number of rotatable bonds is 2. The number of nitrogens with zero attached hydrogens (tertiary/aromatic N) is 2. The molecule has 0 amide bonds. The first-order valence-corrected chi connectivity index (χ1v) is 7.71. The smallest absolute Gasteiger partial charge is 0.123 e. The van der Waals surface area contributed by atoms with Crippen molar-refractivity contribution in [3.05, 3.63) is 77.4 Å². The van der Waals surface area contributed by atoms with E-state index in [1.807, 2.05) is 31.3 Å². The molecule has 2 aromatic carbocycles. The van der Waals surface area contributed by atoms with Crippen LogP contribution in [0.3, 0.4) is 0 Å². The lowest BCUT2D eigenvalue weighted by Gasteiger charge is -2.05. The predicted molar refractivity (Wildman–Crippen MR) is 92.2 cm³/mol. The molecule has 0 bridgehead atoms. The number of para-hydroxylation sites is 1. The second-order valence-electron chi connectivity index (χ2n) is 5.96. The zero-order valence-corrected chi connectivity index (χ0v) is 13.2. The van der Waals surface area contributed by atoms with Gasteiger partial charge in [-0.3, -0.25) is 4.98 Å². The average Bonchev–Trinajstić information content (AvgIpc) is 2.79. The van der Waals surface area contributed by atoms with E-state index in [1.165, 1.54) is 6.07 Å². The molecule has 0 aliphatic carbocycles. The normalized spacial score (nSPS) is 11.4. The Kier molecular flexibility index (Phi) is 3.15. The Morgan fingerprint density at radius 2 is 1.87 bits per heavy atom. The number of benzene rings is 2. The number of halogens is 1. The second kappa shape index (κ2) is 5.20. The summed E-state index contributed by atoms with van der Waals surface area (Å²) >= 11 is 0. The molecule has 0 saturated heterocycles. The van der Waals surface area contributed by atoms with Gasteiger partial charge in [0.15, 0.2) is 0 Å². The van der Waals surface area contributed by atoms with Gasteiger partial charge in [-0.1, -0.05) is 24.3 Å². The van der Waals surface area contributed by atoms with Crippen molar-refractivity contribution in [2.45, 2.75) is 13.3 Å². The van der Waals surface area contributed by atoms with Crippen molar-refractivity contribution in [3.63, 3.8) is 0 Å². The van der Waals surface area contributed by atoms with E-state index in [-0.39, 0.29) is 5.82 Å². The average molecular weight is 304 g/mol. The van der Waals surface area contributed by atoms with Crippen LogP contribution in [0, 0.1) is 12.7 Å². The van der Waals surface area contributed by atoms with Crippen molar-refractivity contribution in [1.29, 1.82) is 0 Å². The van der Waals surface area contributed by atoms with Crippen LogP contribution in [0.25, 0.3) is 21.8 Å². The molecule has 0 aliphatic rings. The van der Waals surface area contributed by atoms with Gasteiger partial charge < -0.3 is 4.57 Å². The van der Waals surface area contributed by atoms with Crippen LogP contribution in [-0.2, 0) is 13.5 Å². The van der Waals surface area contributed by atoms with Crippen molar-refractivity contribution < 1.29 is 4.39 Å². The van der Waals surface area contributed by atoms with Crippen LogP contribution in [0.2, 0.25) is 0 Å². The van der Waals surface area contributed by atoms with Gasteiger partial charge in [-0.25, -0.2) is 4.39 Å². The van der Waals surface area contributed by atoms with E-state index in [9.17, 15) is 4.39 Å². The summed E-state index contributed by atoms with van der Waals surface area (Å²) in [6, 6.07) is 17.2. The zero-order valence-electron chi connectivity index (χ0n) is 13.2. The molecule has 0 unspecified atom stereocenters. The Bertz CT molecular complexity index is 1030. The molecule has 0 saturated carbocycles. The molecule has 0 spiro atoms. The lowest BCUT2D eigenvalue weighted by Crippen LogP contribution is -1.96. The van der Waals surface area contributed by atoms with Gasteiger partial charge in [0.25, 0.3) is 0 Å². The van der Waals surface area contributed by atoms with Crippen molar-refractivity contribution in [2.75, 3.05) is 0 Å². The Morgan fingerprint density at radius 3 is 2.74 bits per heavy atom. The standard InChI is InChI=1S/C20H17FN2/c1-13-17(18-11-15(21)8-10-20(18)23(13)2)12-16-9-7-14-5-3-4-6-19(14)22-16/h3-11H,12H2,1-2H3. The fourth-order valence-corrected chi connectivity index (χ4v) is 3.23. The first-order valence-electron chi connectivity index (χ1n) is 7.71. The van der Waals surface area contributed by atoms with E-state index in [1.54, 1.807) is 6.07 Å². The topological polar surface area (TPSA) is 17.8 Å². The zero-order chi connectivity index (χ0) is 16.0. The van der Waals surface area contributed by atoms with E-state index in [4.69, 9.17) is 4.98 Å². The summed E-state index contributed by atoms with van der Waals surface area (Å²) in [6.07, 6.45) is 0.706. The summed E-state index contributed by atoms with van der Waals surface area (Å²) in [5, 5.41) is 2.11. The third-order valence-electron chi connectivity index (χ3n) is 4.60. The van der Waals surface area contributed by atoms with Crippen molar-refractivity contribution in [1.82, 2.24) is 9.55 Å². The molecule has 0 atom stereocenters. The molecule has 3 heteroatoms. The number of fused-ring (bicyclic) bond motifs is 2. The molecule has 4 aromatic rings. The first kappa shape index (κ1) is 13.9. The fraction of sp³-hybridized carbons (Fsp3) is 0.150. The van der Waals surface area contributed by atoms with Crippen LogP contribution >= 0.6 is 0 Å². The summed E-state index contributed by atoms with van der Waals surface area (Å²) < 4.78 is 15.8. The van der Waals surface area contributed by atoms with Gasteiger partial charge in [-0.05, 0) is 42.8 Å². The molecule has 0 radical (unpaired) electrons. The number of hydrogen-bond acceptors (Lipinski definition) is 1. The van der Waals surface area contributed by atoms with Gasteiger partial charge in [0, 0.05) is 41.1 Å². The summed E-state index contributed by atoms with van der Waals surface area (Å²) in [7, 11) is 2.02. The molecule has 2 nitrogen and oxygen atoms in total. The predicted octanol–water partition coefficient (Wildman–Crippen LogP) is 4.76. The Morgan fingerprint density at radius 1 is 1.04 bits per heavy atom. The first-order chi connectivity index (χ1) is 11.1. The molecule has 0 N–H and O–H groups in total. The van der Waals surface area contributed by atoms with Crippen molar-refractivity contribution in [3.8, 4) is 0 Å². The van der Waals surface area contributed by atoms with Gasteiger partial charge >= 0.3 is 0 Å². The molecule has 2 heterocycles. The SMILES string of the molecule is Cc1c(Cc2ccc3ccccc3n2)c2cc(F)ccc2n1C. The lowest BCUT2D eigenvalue weighted by molar-refractivity contribution is 0.629. The van der Waals surface area contributed by atoms with Gasteiger partial charge in [-0.15, -0.1) is 0 Å². The minimum atomic E-state index is -0.198. The highest BCUT2D eigenvalue weighted by Gasteiger charge is 2.13. The maximum atomic E-state index is 13.7. The van der Waals surface area contributed by atoms with Crippen LogP contribution in [0.4, 0.5) is 4.39 Å². The highest BCUT2D eigenvalue weighted by Crippen LogP contribution is 2.28. The van der Waals surface area contributed by atoms with E-state index >= 15 is 0 Å². The van der Waals surface area contributed by atoms with Gasteiger partial charge in [-0.2, -0.15) is 0 Å². The van der Waals surface area contributed by atoms with E-state index in [0.717, 1.165) is 38.8 Å². The van der Waals surface area contributed by atoms with Gasteiger partial charge in [0.1, 0.15) is 5.82 Å². The highest BCUT2D eigenvalue weighted by atomic mass is 19.1. The number of pyridine rings is 1. The number of aromatic nitrogens is 2. The largest absolute Gasteiger partial charge is 0.348 e. The monoisotopic (exact) mass is 304 g/mol. The van der Waals surface area contributed by atoms with Gasteiger partial charge in [0.2, 0.25) is 0 Å². The third kappa shape index (κ3) is 2.29. The van der Waals surface area contributed by atoms with E-state index in [2.05, 4.69) is 29.7 Å². The van der Waals surface area contributed by atoms with E-state index < -0.39 is 0 Å². The van der Waals surface area contributed by atoms with Gasteiger partial charge in [0.05, 0.1) is 5.52 Å². The number of aryl methyl sites for hydroxylation is 1. The highest BCUT2D eigenvalue weighted by molar-refractivity contribution is 5.86. The quantitative estimate of drug-likeness (QED) is 0.522.